The Hall–Kier alpha value is -1.37. The molecular weight excluding hydrogens is 340 g/mol. The number of benzene rings is 1. The molecule has 3 rings (SSSR count). The standard InChI is InChI=1S/C15H13ClN2O2S2/c1-3-9-4-13-11(6-12(9)16)10(5-14(19)20-13)7-21-15-18-17-8(2)22-15/h4-6H,3,7H2,1-2H3. The highest BCUT2D eigenvalue weighted by molar-refractivity contribution is 8.00. The van der Waals surface area contributed by atoms with E-state index in [0.29, 0.717) is 16.4 Å². The smallest absolute Gasteiger partial charge is 0.336 e. The summed E-state index contributed by atoms with van der Waals surface area (Å²) in [5, 5.41) is 10.6. The number of nitrogens with zero attached hydrogens (tertiary/aromatic N) is 2. The maximum absolute atomic E-state index is 11.8. The predicted octanol–water partition coefficient (Wildman–Crippen LogP) is 4.46. The fraction of sp³-hybridized carbons (Fsp3) is 0.267. The second-order valence-electron chi connectivity index (χ2n) is 4.76. The lowest BCUT2D eigenvalue weighted by Crippen LogP contribution is -2.00. The molecule has 22 heavy (non-hydrogen) atoms. The van der Waals surface area contributed by atoms with E-state index < -0.39 is 0 Å². The van der Waals surface area contributed by atoms with E-state index in [4.69, 9.17) is 16.0 Å². The van der Waals surface area contributed by atoms with E-state index in [1.54, 1.807) is 11.8 Å². The fourth-order valence-corrected chi connectivity index (χ4v) is 4.26. The number of aromatic nitrogens is 2. The minimum Gasteiger partial charge on any atom is -0.423 e. The van der Waals surface area contributed by atoms with Crippen LogP contribution in [0.3, 0.4) is 0 Å². The van der Waals surface area contributed by atoms with Crippen molar-refractivity contribution in [2.24, 2.45) is 0 Å². The molecule has 0 aliphatic rings. The minimum atomic E-state index is -0.346. The monoisotopic (exact) mass is 352 g/mol. The average Bonchev–Trinajstić information content (AvgIpc) is 2.90. The molecule has 4 nitrogen and oxygen atoms in total. The third-order valence-corrected chi connectivity index (χ3v) is 5.61. The van der Waals surface area contributed by atoms with Crippen LogP contribution in [0, 0.1) is 6.92 Å². The number of halogens is 1. The largest absolute Gasteiger partial charge is 0.423 e. The van der Waals surface area contributed by atoms with Gasteiger partial charge in [-0.3, -0.25) is 0 Å². The Labute approximate surface area is 140 Å². The molecule has 2 aromatic heterocycles. The van der Waals surface area contributed by atoms with Crippen LogP contribution in [-0.2, 0) is 12.2 Å². The van der Waals surface area contributed by atoms with E-state index in [0.717, 1.165) is 32.3 Å². The summed E-state index contributed by atoms with van der Waals surface area (Å²) in [5.41, 5.74) is 2.11. The summed E-state index contributed by atoms with van der Waals surface area (Å²) in [6, 6.07) is 5.24. The van der Waals surface area contributed by atoms with Crippen molar-refractivity contribution >= 4 is 45.7 Å². The van der Waals surface area contributed by atoms with Crippen LogP contribution in [0.1, 0.15) is 23.1 Å². The summed E-state index contributed by atoms with van der Waals surface area (Å²) >= 11 is 9.38. The van der Waals surface area contributed by atoms with Gasteiger partial charge in [0.2, 0.25) is 0 Å². The van der Waals surface area contributed by atoms with Gasteiger partial charge in [0.25, 0.3) is 0 Å². The van der Waals surface area contributed by atoms with Crippen LogP contribution in [0.5, 0.6) is 0 Å². The normalized spacial score (nSPS) is 11.2. The second kappa shape index (κ2) is 6.40. The van der Waals surface area contributed by atoms with Gasteiger partial charge in [0.05, 0.1) is 0 Å². The van der Waals surface area contributed by atoms with Crippen LogP contribution < -0.4 is 5.63 Å². The topological polar surface area (TPSA) is 56.0 Å². The molecule has 0 bridgehead atoms. The van der Waals surface area contributed by atoms with Crippen LogP contribution in [-0.4, -0.2) is 10.2 Å². The molecule has 0 aliphatic heterocycles. The second-order valence-corrected chi connectivity index (χ2v) is 7.57. The van der Waals surface area contributed by atoms with Crippen LogP contribution in [0.2, 0.25) is 5.02 Å². The average molecular weight is 353 g/mol. The lowest BCUT2D eigenvalue weighted by atomic mass is 10.1. The van der Waals surface area contributed by atoms with Gasteiger partial charge in [-0.2, -0.15) is 0 Å². The minimum absolute atomic E-state index is 0.346. The highest BCUT2D eigenvalue weighted by atomic mass is 35.5. The zero-order valence-corrected chi connectivity index (χ0v) is 14.4. The third kappa shape index (κ3) is 3.19. The van der Waals surface area contributed by atoms with Gasteiger partial charge in [-0.05, 0) is 36.6 Å². The molecule has 7 heteroatoms. The van der Waals surface area contributed by atoms with Crippen molar-refractivity contribution < 1.29 is 4.42 Å². The van der Waals surface area contributed by atoms with E-state index in [1.165, 1.54) is 17.4 Å². The SMILES string of the molecule is CCc1cc2oc(=O)cc(CSc3nnc(C)s3)c2cc1Cl. The maximum atomic E-state index is 11.8. The van der Waals surface area contributed by atoms with Gasteiger partial charge in [0.15, 0.2) is 4.34 Å². The highest BCUT2D eigenvalue weighted by Gasteiger charge is 2.11. The molecule has 0 aliphatic carbocycles. The Morgan fingerprint density at radius 3 is 2.77 bits per heavy atom. The number of rotatable bonds is 4. The zero-order chi connectivity index (χ0) is 15.7. The van der Waals surface area contributed by atoms with Crippen LogP contribution >= 0.6 is 34.7 Å². The maximum Gasteiger partial charge on any atom is 0.336 e. The summed E-state index contributed by atoms with van der Waals surface area (Å²) in [5.74, 6) is 0.624. The highest BCUT2D eigenvalue weighted by Crippen LogP contribution is 2.31. The summed E-state index contributed by atoms with van der Waals surface area (Å²) in [7, 11) is 0. The van der Waals surface area contributed by atoms with Crippen molar-refractivity contribution in [1.82, 2.24) is 10.2 Å². The van der Waals surface area contributed by atoms with E-state index >= 15 is 0 Å². The Balaban J connectivity index is 2.00. The van der Waals surface area contributed by atoms with Crippen LogP contribution in [0.25, 0.3) is 11.0 Å². The van der Waals surface area contributed by atoms with Gasteiger partial charge in [-0.25, -0.2) is 4.79 Å². The zero-order valence-electron chi connectivity index (χ0n) is 12.1. The number of thioether (sulfide) groups is 1. The molecular formula is C15H13ClN2O2S2. The molecule has 0 saturated heterocycles. The molecule has 0 atom stereocenters. The number of fused-ring (bicyclic) bond motifs is 1. The van der Waals surface area contributed by atoms with Gasteiger partial charge >= 0.3 is 5.63 Å². The molecule has 0 spiro atoms. The fourth-order valence-electron chi connectivity index (χ4n) is 2.16. The van der Waals surface area contributed by atoms with Crippen molar-refractivity contribution in [2.75, 3.05) is 0 Å². The Morgan fingerprint density at radius 1 is 1.27 bits per heavy atom. The number of hydrogen-bond donors (Lipinski definition) is 0. The molecule has 2 heterocycles. The first-order chi connectivity index (χ1) is 10.6. The Morgan fingerprint density at radius 2 is 2.09 bits per heavy atom. The predicted molar refractivity (Wildman–Crippen MR) is 91.1 cm³/mol. The van der Waals surface area contributed by atoms with Gasteiger partial charge in [-0.1, -0.05) is 41.6 Å². The van der Waals surface area contributed by atoms with Crippen molar-refractivity contribution in [2.45, 2.75) is 30.4 Å². The molecule has 0 saturated carbocycles. The quantitative estimate of drug-likeness (QED) is 0.512. The molecule has 0 N–H and O–H groups in total. The van der Waals surface area contributed by atoms with Gasteiger partial charge in [-0.15, -0.1) is 10.2 Å². The van der Waals surface area contributed by atoms with Crippen molar-refractivity contribution in [3.8, 4) is 0 Å². The van der Waals surface area contributed by atoms with E-state index in [-0.39, 0.29) is 5.63 Å². The summed E-state index contributed by atoms with van der Waals surface area (Å²) in [6.45, 7) is 3.93. The number of aryl methyl sites for hydroxylation is 2. The lowest BCUT2D eigenvalue weighted by Gasteiger charge is -2.07. The molecule has 0 amide bonds. The van der Waals surface area contributed by atoms with Gasteiger partial charge in [0.1, 0.15) is 10.6 Å². The van der Waals surface area contributed by atoms with Crippen molar-refractivity contribution in [1.29, 1.82) is 0 Å². The first kappa shape index (κ1) is 15.5. The molecule has 3 aromatic rings. The van der Waals surface area contributed by atoms with Gasteiger partial charge in [0, 0.05) is 22.2 Å². The van der Waals surface area contributed by atoms with E-state index in [9.17, 15) is 4.79 Å². The van der Waals surface area contributed by atoms with E-state index in [1.807, 2.05) is 26.0 Å². The molecule has 0 radical (unpaired) electrons. The van der Waals surface area contributed by atoms with Crippen LogP contribution in [0.15, 0.2) is 31.8 Å². The van der Waals surface area contributed by atoms with Crippen LogP contribution in [0.4, 0.5) is 0 Å². The molecule has 0 unspecified atom stereocenters. The summed E-state index contributed by atoms with van der Waals surface area (Å²) in [6.07, 6.45) is 0.793. The van der Waals surface area contributed by atoms with Crippen molar-refractivity contribution in [3.05, 3.63) is 49.8 Å². The third-order valence-electron chi connectivity index (χ3n) is 3.24. The van der Waals surface area contributed by atoms with E-state index in [2.05, 4.69) is 10.2 Å². The first-order valence-corrected chi connectivity index (χ1v) is 8.93. The lowest BCUT2D eigenvalue weighted by molar-refractivity contribution is 0.559. The Bertz CT molecular complexity index is 889. The first-order valence-electron chi connectivity index (χ1n) is 6.75. The summed E-state index contributed by atoms with van der Waals surface area (Å²) in [4.78, 5) is 11.8. The van der Waals surface area contributed by atoms with Gasteiger partial charge < -0.3 is 4.42 Å². The summed E-state index contributed by atoms with van der Waals surface area (Å²) < 4.78 is 6.19. The molecule has 0 fully saturated rings. The molecule has 114 valence electrons. The number of hydrogen-bond acceptors (Lipinski definition) is 6. The molecule has 1 aromatic carbocycles. The Kier molecular flexibility index (Phi) is 4.52. The van der Waals surface area contributed by atoms with Crippen molar-refractivity contribution in [3.63, 3.8) is 0 Å².